The van der Waals surface area contributed by atoms with Crippen LogP contribution in [-0.2, 0) is 10.0 Å². The molecule has 0 atom stereocenters. The van der Waals surface area contributed by atoms with Gasteiger partial charge in [-0.25, -0.2) is 12.7 Å². The van der Waals surface area contributed by atoms with E-state index in [4.69, 9.17) is 0 Å². The molecule has 0 bridgehead atoms. The average Bonchev–Trinajstić information content (AvgIpc) is 3.16. The molecular weight excluding hydrogens is 286 g/mol. The summed E-state index contributed by atoms with van der Waals surface area (Å²) in [5.74, 6) is 0.277. The number of likely N-dealkylation sites (N-methyl/N-ethyl adjacent to an activating group) is 2. The van der Waals surface area contributed by atoms with E-state index in [0.717, 1.165) is 32.2 Å². The van der Waals surface area contributed by atoms with Crippen molar-refractivity contribution in [2.75, 3.05) is 40.0 Å². The van der Waals surface area contributed by atoms with E-state index in [9.17, 15) is 8.42 Å². The van der Waals surface area contributed by atoms with Gasteiger partial charge in [0.25, 0.3) is 0 Å². The Kier molecular flexibility index (Phi) is 5.68. The van der Waals surface area contributed by atoms with Crippen LogP contribution >= 0.6 is 0 Å². The quantitative estimate of drug-likeness (QED) is 0.617. The molecule has 0 aromatic carbocycles. The van der Waals surface area contributed by atoms with E-state index in [1.54, 1.807) is 11.4 Å². The fourth-order valence-electron chi connectivity index (χ4n) is 3.00. The molecule has 124 valence electrons. The third-order valence-electron chi connectivity index (χ3n) is 5.06. The summed E-state index contributed by atoms with van der Waals surface area (Å²) in [6.07, 6.45) is 7.68. The third-order valence-corrected chi connectivity index (χ3v) is 6.95. The monoisotopic (exact) mass is 317 g/mol. The van der Waals surface area contributed by atoms with Gasteiger partial charge in [0.15, 0.2) is 0 Å². The van der Waals surface area contributed by atoms with Crippen LogP contribution in [0.15, 0.2) is 0 Å². The van der Waals surface area contributed by atoms with Crippen molar-refractivity contribution < 1.29 is 8.42 Å². The fourth-order valence-corrected chi connectivity index (χ4v) is 4.32. The lowest BCUT2D eigenvalue weighted by Gasteiger charge is -2.49. The van der Waals surface area contributed by atoms with Gasteiger partial charge in [0, 0.05) is 25.2 Å². The molecular formula is C15H31N3O2S. The van der Waals surface area contributed by atoms with Crippen molar-refractivity contribution in [2.45, 2.75) is 56.5 Å². The molecule has 2 aliphatic rings. The highest BCUT2D eigenvalue weighted by Gasteiger charge is 2.41. The van der Waals surface area contributed by atoms with Gasteiger partial charge in [-0.3, -0.25) is 0 Å². The van der Waals surface area contributed by atoms with Crippen molar-refractivity contribution in [3.63, 3.8) is 0 Å². The number of hydrogen-bond donors (Lipinski definition) is 1. The zero-order valence-electron chi connectivity index (χ0n) is 13.8. The molecule has 0 heterocycles. The van der Waals surface area contributed by atoms with E-state index in [-0.39, 0.29) is 11.3 Å². The summed E-state index contributed by atoms with van der Waals surface area (Å²) in [7, 11) is 2.75. The first-order valence-corrected chi connectivity index (χ1v) is 9.81. The van der Waals surface area contributed by atoms with E-state index in [1.165, 1.54) is 19.3 Å². The molecule has 1 N–H and O–H groups in total. The molecule has 5 nitrogen and oxygen atoms in total. The minimum absolute atomic E-state index is 0.0648. The summed E-state index contributed by atoms with van der Waals surface area (Å²) in [4.78, 5) is 2.20. The van der Waals surface area contributed by atoms with E-state index in [2.05, 4.69) is 24.3 Å². The minimum atomic E-state index is -3.11. The van der Waals surface area contributed by atoms with Crippen LogP contribution < -0.4 is 5.32 Å². The normalized spacial score (nSPS) is 21.8. The first-order chi connectivity index (χ1) is 9.86. The third kappa shape index (κ3) is 4.65. The average molecular weight is 317 g/mol. The molecule has 2 aliphatic carbocycles. The van der Waals surface area contributed by atoms with Crippen LogP contribution in [0.25, 0.3) is 0 Å². The Morgan fingerprint density at radius 1 is 1.14 bits per heavy atom. The maximum atomic E-state index is 12.4. The molecule has 2 rings (SSSR count). The maximum absolute atomic E-state index is 12.4. The predicted octanol–water partition coefficient (Wildman–Crippen LogP) is 1.26. The number of rotatable bonds is 10. The minimum Gasteiger partial charge on any atom is -0.314 e. The van der Waals surface area contributed by atoms with Gasteiger partial charge >= 0.3 is 0 Å². The van der Waals surface area contributed by atoms with Gasteiger partial charge in [-0.15, -0.1) is 0 Å². The fraction of sp³-hybridized carbons (Fsp3) is 1.00. The first kappa shape index (κ1) is 17.2. The summed E-state index contributed by atoms with van der Waals surface area (Å²) < 4.78 is 26.3. The van der Waals surface area contributed by atoms with Gasteiger partial charge in [0.05, 0.1) is 5.75 Å². The molecule has 2 saturated carbocycles. The summed E-state index contributed by atoms with van der Waals surface area (Å²) >= 11 is 0. The van der Waals surface area contributed by atoms with E-state index in [1.807, 2.05) is 0 Å². The zero-order chi connectivity index (χ0) is 15.5. The Hall–Kier alpha value is -0.170. The van der Waals surface area contributed by atoms with Crippen LogP contribution in [0.4, 0.5) is 0 Å². The Morgan fingerprint density at radius 3 is 2.29 bits per heavy atom. The van der Waals surface area contributed by atoms with Crippen molar-refractivity contribution in [1.82, 2.24) is 14.5 Å². The number of nitrogens with zero attached hydrogens (tertiary/aromatic N) is 2. The second kappa shape index (κ2) is 6.94. The number of hydrogen-bond acceptors (Lipinski definition) is 4. The smallest absolute Gasteiger partial charge is 0.213 e. The summed E-state index contributed by atoms with van der Waals surface area (Å²) in [6.45, 7) is 1.58. The van der Waals surface area contributed by atoms with Crippen LogP contribution in [-0.4, -0.2) is 69.2 Å². The molecule has 0 aromatic rings. The number of unbranched alkanes of at least 4 members (excludes halogenated alkanes) is 1. The Morgan fingerprint density at radius 2 is 1.81 bits per heavy atom. The first-order valence-electron chi connectivity index (χ1n) is 8.21. The largest absolute Gasteiger partial charge is 0.314 e. The van der Waals surface area contributed by atoms with Gasteiger partial charge in [0.2, 0.25) is 10.0 Å². The molecule has 0 unspecified atom stereocenters. The van der Waals surface area contributed by atoms with Crippen molar-refractivity contribution in [3.05, 3.63) is 0 Å². The topological polar surface area (TPSA) is 52.7 Å². The summed E-state index contributed by atoms with van der Waals surface area (Å²) in [5, 5.41) is 3.43. The van der Waals surface area contributed by atoms with E-state index < -0.39 is 10.0 Å². The molecule has 21 heavy (non-hydrogen) atoms. The molecule has 0 saturated heterocycles. The molecule has 0 radical (unpaired) electrons. The van der Waals surface area contributed by atoms with Crippen molar-refractivity contribution in [1.29, 1.82) is 0 Å². The van der Waals surface area contributed by atoms with E-state index in [0.29, 0.717) is 12.6 Å². The Bertz CT molecular complexity index is 428. The number of sulfonamides is 1. The highest BCUT2D eigenvalue weighted by molar-refractivity contribution is 7.89. The zero-order valence-corrected chi connectivity index (χ0v) is 14.6. The van der Waals surface area contributed by atoms with Crippen LogP contribution in [0.5, 0.6) is 0 Å². The molecule has 2 fully saturated rings. The van der Waals surface area contributed by atoms with Gasteiger partial charge in [-0.2, -0.15) is 0 Å². The highest BCUT2D eigenvalue weighted by atomic mass is 32.2. The highest BCUT2D eigenvalue weighted by Crippen LogP contribution is 2.37. The standard InChI is InChI=1S/C15H31N3O2S/c1-17(2)15(9-6-10-15)13-18(3)21(19,20)12-5-4-11-16-14-7-8-14/h14,16H,4-13H2,1-3H3. The van der Waals surface area contributed by atoms with Crippen LogP contribution in [0, 0.1) is 0 Å². The summed E-state index contributed by atoms with van der Waals surface area (Å²) in [6, 6.07) is 0.711. The van der Waals surface area contributed by atoms with Crippen molar-refractivity contribution >= 4 is 10.0 Å². The van der Waals surface area contributed by atoms with Crippen LogP contribution in [0.1, 0.15) is 44.9 Å². The van der Waals surface area contributed by atoms with Crippen LogP contribution in [0.2, 0.25) is 0 Å². The SMILES string of the molecule is CN(C)C1(CN(C)S(=O)(=O)CCCCNC2CC2)CCC1. The second-order valence-corrected chi connectivity index (χ2v) is 9.18. The van der Waals surface area contributed by atoms with Gasteiger partial charge < -0.3 is 10.2 Å². The Balaban J connectivity index is 1.72. The van der Waals surface area contributed by atoms with Gasteiger partial charge in [-0.1, -0.05) is 0 Å². The maximum Gasteiger partial charge on any atom is 0.213 e. The summed E-state index contributed by atoms with van der Waals surface area (Å²) in [5.41, 5.74) is 0.0648. The predicted molar refractivity (Wildman–Crippen MR) is 86.9 cm³/mol. The van der Waals surface area contributed by atoms with E-state index >= 15 is 0 Å². The van der Waals surface area contributed by atoms with Crippen molar-refractivity contribution in [2.24, 2.45) is 0 Å². The molecule has 0 aromatic heterocycles. The lowest BCUT2D eigenvalue weighted by atomic mass is 9.75. The number of nitrogens with one attached hydrogen (secondary N) is 1. The lowest BCUT2D eigenvalue weighted by molar-refractivity contribution is 0.0455. The molecule has 0 aliphatic heterocycles. The molecule has 6 heteroatoms. The Labute approximate surface area is 130 Å². The lowest BCUT2D eigenvalue weighted by Crippen LogP contribution is -2.57. The van der Waals surface area contributed by atoms with Gasteiger partial charge in [0.1, 0.15) is 0 Å². The van der Waals surface area contributed by atoms with Crippen molar-refractivity contribution in [3.8, 4) is 0 Å². The molecule has 0 amide bonds. The van der Waals surface area contributed by atoms with Gasteiger partial charge in [-0.05, 0) is 65.6 Å². The second-order valence-electron chi connectivity index (χ2n) is 6.98. The molecule has 0 spiro atoms. The van der Waals surface area contributed by atoms with Crippen LogP contribution in [0.3, 0.4) is 0 Å².